The number of carbonyl (C=O) groups is 2. The number of amides is 1. The minimum atomic E-state index is -1.29. The van der Waals surface area contributed by atoms with Crippen molar-refractivity contribution < 1.29 is 14.7 Å². The van der Waals surface area contributed by atoms with Crippen LogP contribution in [0.15, 0.2) is 52.4 Å². The quantitative estimate of drug-likeness (QED) is 0.461. The molecule has 0 aliphatic carbocycles. The summed E-state index contributed by atoms with van der Waals surface area (Å²) in [4.78, 5) is 36.8. The van der Waals surface area contributed by atoms with E-state index in [9.17, 15) is 14.4 Å². The molecule has 0 saturated carbocycles. The zero-order valence-corrected chi connectivity index (χ0v) is 19.0. The highest BCUT2D eigenvalue weighted by Gasteiger charge is 2.29. The van der Waals surface area contributed by atoms with Crippen molar-refractivity contribution in [3.63, 3.8) is 0 Å². The number of pyridine rings is 1. The second-order valence-electron chi connectivity index (χ2n) is 7.79. The Balaban J connectivity index is 1.79. The third-order valence-corrected chi connectivity index (χ3v) is 6.39. The maximum Gasteiger partial charge on any atom is 0.428 e. The smallest absolute Gasteiger partial charge is 0.428 e. The minimum absolute atomic E-state index is 0.0853. The number of carbonyl (C=O) groups excluding carboxylic acids is 1. The number of rotatable bonds is 2. The lowest BCUT2D eigenvalue weighted by Gasteiger charge is -2.09. The Kier molecular flexibility index (Phi) is 4.81. The summed E-state index contributed by atoms with van der Waals surface area (Å²) in [5.74, 6) is -0.377. The molecular weight excluding hydrogens is 467 g/mol. The number of benzene rings is 2. The molecule has 5 rings (SSSR count). The van der Waals surface area contributed by atoms with E-state index in [1.54, 1.807) is 48.0 Å². The number of hydrazone groups is 1. The van der Waals surface area contributed by atoms with Gasteiger partial charge in [-0.15, -0.1) is 0 Å². The van der Waals surface area contributed by atoms with E-state index in [-0.39, 0.29) is 23.6 Å². The van der Waals surface area contributed by atoms with Gasteiger partial charge in [0.25, 0.3) is 5.56 Å². The minimum Gasteiger partial charge on any atom is -0.464 e. The fraction of sp³-hybridized carbons (Fsp3) is 0.130. The van der Waals surface area contributed by atoms with Crippen LogP contribution in [0.2, 0.25) is 10.0 Å². The average Bonchev–Trinajstić information content (AvgIpc) is 3.29. The third kappa shape index (κ3) is 3.21. The van der Waals surface area contributed by atoms with E-state index < -0.39 is 6.09 Å². The molecule has 3 heterocycles. The van der Waals surface area contributed by atoms with Crippen LogP contribution in [0.4, 0.5) is 4.79 Å². The zero-order valence-electron chi connectivity index (χ0n) is 17.5. The van der Waals surface area contributed by atoms with Gasteiger partial charge in [-0.25, -0.2) is 4.79 Å². The van der Waals surface area contributed by atoms with Gasteiger partial charge in [0, 0.05) is 46.6 Å². The van der Waals surface area contributed by atoms with Gasteiger partial charge in [-0.1, -0.05) is 35.3 Å². The fourth-order valence-corrected chi connectivity index (χ4v) is 4.80. The van der Waals surface area contributed by atoms with E-state index in [1.807, 2.05) is 17.7 Å². The van der Waals surface area contributed by atoms with Crippen molar-refractivity contribution in [2.75, 3.05) is 6.54 Å². The van der Waals surface area contributed by atoms with E-state index >= 15 is 0 Å². The molecule has 4 aromatic rings. The van der Waals surface area contributed by atoms with Gasteiger partial charge >= 0.3 is 6.09 Å². The molecule has 0 fully saturated rings. The highest BCUT2D eigenvalue weighted by Crippen LogP contribution is 2.34. The molecule has 166 valence electrons. The number of ketones is 1. The van der Waals surface area contributed by atoms with Crippen molar-refractivity contribution in [2.24, 2.45) is 19.2 Å². The van der Waals surface area contributed by atoms with E-state index in [2.05, 4.69) is 5.10 Å². The monoisotopic (exact) mass is 482 g/mol. The summed E-state index contributed by atoms with van der Waals surface area (Å²) in [7, 11) is 3.54. The number of hydrogen-bond acceptors (Lipinski definition) is 4. The lowest BCUT2D eigenvalue weighted by molar-refractivity contribution is -0.112. The summed E-state index contributed by atoms with van der Waals surface area (Å²) in [6, 6.07) is 12.1. The number of Topliss-reactive ketones (excluding diaryl/α,β-unsaturated/α-hetero) is 1. The Hall–Kier alpha value is -3.62. The largest absolute Gasteiger partial charge is 0.464 e. The number of hydrogen-bond donors (Lipinski definition) is 1. The molecule has 1 aliphatic heterocycles. The van der Waals surface area contributed by atoms with Gasteiger partial charge in [0.1, 0.15) is 17.9 Å². The van der Waals surface area contributed by atoms with Gasteiger partial charge < -0.3 is 9.67 Å². The Morgan fingerprint density at radius 1 is 0.970 bits per heavy atom. The van der Waals surface area contributed by atoms with Crippen LogP contribution >= 0.6 is 23.2 Å². The van der Waals surface area contributed by atoms with Crippen LogP contribution in [0, 0.1) is 0 Å². The number of nitrogens with zero attached hydrogens (tertiary/aromatic N) is 4. The first-order valence-corrected chi connectivity index (χ1v) is 10.6. The van der Waals surface area contributed by atoms with Crippen molar-refractivity contribution in [2.45, 2.75) is 0 Å². The lowest BCUT2D eigenvalue weighted by atomic mass is 10.0. The van der Waals surface area contributed by atoms with Crippen LogP contribution in [-0.2, 0) is 18.9 Å². The molecule has 0 saturated heterocycles. The van der Waals surface area contributed by atoms with Crippen LogP contribution in [0.5, 0.6) is 0 Å². The van der Waals surface area contributed by atoms with Crippen molar-refractivity contribution in [1.82, 2.24) is 14.1 Å². The van der Waals surface area contributed by atoms with Crippen LogP contribution < -0.4 is 5.56 Å². The molecule has 1 amide bonds. The Morgan fingerprint density at radius 2 is 1.73 bits per heavy atom. The van der Waals surface area contributed by atoms with Gasteiger partial charge in [-0.05, 0) is 30.3 Å². The highest BCUT2D eigenvalue weighted by molar-refractivity contribution is 6.48. The lowest BCUT2D eigenvalue weighted by Crippen LogP contribution is -2.24. The topological polar surface area (TPSA) is 96.9 Å². The van der Waals surface area contributed by atoms with Crippen LogP contribution in [0.1, 0.15) is 5.56 Å². The molecule has 0 bridgehead atoms. The van der Waals surface area contributed by atoms with E-state index in [4.69, 9.17) is 28.3 Å². The van der Waals surface area contributed by atoms with Crippen molar-refractivity contribution in [1.29, 1.82) is 0 Å². The Bertz CT molecular complexity index is 1620. The number of carboxylic acid groups (broad SMARTS) is 1. The van der Waals surface area contributed by atoms with Crippen molar-refractivity contribution >= 4 is 62.7 Å². The average molecular weight is 483 g/mol. The van der Waals surface area contributed by atoms with Gasteiger partial charge in [-0.3, -0.25) is 14.2 Å². The van der Waals surface area contributed by atoms with Gasteiger partial charge in [0.15, 0.2) is 0 Å². The number of halogens is 2. The summed E-state index contributed by atoms with van der Waals surface area (Å²) in [6.45, 7) is -0.314. The first-order chi connectivity index (χ1) is 15.7. The summed E-state index contributed by atoms with van der Waals surface area (Å²) in [5, 5.41) is 16.2. The normalized spacial score (nSPS) is 13.9. The molecule has 2 aromatic heterocycles. The standard InChI is InChI=1S/C23H16Cl2N4O4/c1-27-18-6-3-11(20-19(30)10-29(26-20)23(32)33)7-14(18)15-9-16(22(31)28(2)21(15)27)13-5-4-12(24)8-17(13)25/h3-9H,10H2,1-2H3,(H,32,33). The summed E-state index contributed by atoms with van der Waals surface area (Å²) < 4.78 is 3.45. The molecule has 2 aromatic carbocycles. The molecule has 10 heteroatoms. The molecule has 1 N–H and O–H groups in total. The maximum absolute atomic E-state index is 13.2. The maximum atomic E-state index is 13.2. The van der Waals surface area contributed by atoms with Crippen LogP contribution in [0.25, 0.3) is 33.1 Å². The molecular formula is C23H16Cl2N4O4. The first kappa shape index (κ1) is 21.2. The molecule has 1 aliphatic rings. The number of fused-ring (bicyclic) bond motifs is 3. The molecule has 0 atom stereocenters. The third-order valence-electron chi connectivity index (χ3n) is 5.84. The van der Waals surface area contributed by atoms with Gasteiger partial charge in [-0.2, -0.15) is 10.1 Å². The van der Waals surface area contributed by atoms with Gasteiger partial charge in [0.05, 0.1) is 10.5 Å². The number of aryl methyl sites for hydroxylation is 2. The molecule has 8 nitrogen and oxygen atoms in total. The Morgan fingerprint density at radius 3 is 2.39 bits per heavy atom. The molecule has 0 radical (unpaired) electrons. The van der Waals surface area contributed by atoms with E-state index in [0.717, 1.165) is 21.3 Å². The SMILES string of the molecule is Cn1c(=O)c(-c2ccc(Cl)cc2Cl)cc2c3cc(C4=NN(C(=O)O)CC4=O)ccc3n(C)c21. The van der Waals surface area contributed by atoms with E-state index in [1.165, 1.54) is 0 Å². The predicted molar refractivity (Wildman–Crippen MR) is 127 cm³/mol. The Labute approximate surface area is 196 Å². The summed E-state index contributed by atoms with van der Waals surface area (Å²) in [5.41, 5.74) is 2.87. The summed E-state index contributed by atoms with van der Waals surface area (Å²) >= 11 is 12.4. The summed E-state index contributed by atoms with van der Waals surface area (Å²) in [6.07, 6.45) is -1.29. The second-order valence-corrected chi connectivity index (χ2v) is 8.63. The molecule has 0 unspecified atom stereocenters. The highest BCUT2D eigenvalue weighted by atomic mass is 35.5. The fourth-order valence-electron chi connectivity index (χ4n) is 4.29. The predicted octanol–water partition coefficient (Wildman–Crippen LogP) is 4.27. The van der Waals surface area contributed by atoms with E-state index in [0.29, 0.717) is 32.4 Å². The second kappa shape index (κ2) is 7.47. The molecule has 0 spiro atoms. The van der Waals surface area contributed by atoms with Crippen molar-refractivity contribution in [3.8, 4) is 11.1 Å². The zero-order chi connectivity index (χ0) is 23.6. The number of aromatic nitrogens is 2. The van der Waals surface area contributed by atoms with Gasteiger partial charge in [0.2, 0.25) is 5.78 Å². The molecule has 33 heavy (non-hydrogen) atoms. The van der Waals surface area contributed by atoms with Crippen molar-refractivity contribution in [3.05, 3.63) is 68.4 Å². The van der Waals surface area contributed by atoms with Crippen LogP contribution in [0.3, 0.4) is 0 Å². The van der Waals surface area contributed by atoms with Crippen LogP contribution in [-0.4, -0.2) is 43.4 Å². The first-order valence-electron chi connectivity index (χ1n) is 9.87.